The lowest BCUT2D eigenvalue weighted by Crippen LogP contribution is -2.16. The number of hydrogen-bond donors (Lipinski definition) is 1. The highest BCUT2D eigenvalue weighted by Crippen LogP contribution is 2.12. The highest BCUT2D eigenvalue weighted by molar-refractivity contribution is 6.06. The Morgan fingerprint density at radius 3 is 2.89 bits per heavy atom. The first-order chi connectivity index (χ1) is 9.11. The number of rotatable bonds is 1. The van der Waals surface area contributed by atoms with Gasteiger partial charge in [0.25, 0.3) is 0 Å². The molecule has 6 nitrogen and oxygen atoms in total. The number of para-hydroxylation sites is 1. The molecular formula is C13H10N4O2. The van der Waals surface area contributed by atoms with E-state index >= 15 is 0 Å². The standard InChI is InChI=1S/C13H10N4O2/c1-8(17-13(15)16-7-14)10-6-9-4-2-3-5-11(9)19-12(10)18/h2-6H,1H3,(H2,15,16). The van der Waals surface area contributed by atoms with Gasteiger partial charge in [-0.1, -0.05) is 18.2 Å². The van der Waals surface area contributed by atoms with E-state index in [9.17, 15) is 4.79 Å². The Labute approximate surface area is 108 Å². The summed E-state index contributed by atoms with van der Waals surface area (Å²) in [5, 5.41) is 9.13. The second-order valence-electron chi connectivity index (χ2n) is 3.75. The third-order valence-electron chi connectivity index (χ3n) is 2.48. The first kappa shape index (κ1) is 12.5. The van der Waals surface area contributed by atoms with Gasteiger partial charge in [-0.3, -0.25) is 0 Å². The molecule has 19 heavy (non-hydrogen) atoms. The van der Waals surface area contributed by atoms with Crippen LogP contribution in [0.4, 0.5) is 0 Å². The van der Waals surface area contributed by atoms with Crippen LogP contribution in [-0.2, 0) is 0 Å². The quantitative estimate of drug-likeness (QED) is 0.359. The van der Waals surface area contributed by atoms with E-state index in [0.717, 1.165) is 5.39 Å². The molecule has 0 aliphatic rings. The van der Waals surface area contributed by atoms with Crippen molar-refractivity contribution in [2.75, 3.05) is 0 Å². The van der Waals surface area contributed by atoms with Crippen molar-refractivity contribution in [1.29, 1.82) is 5.26 Å². The van der Waals surface area contributed by atoms with Gasteiger partial charge >= 0.3 is 5.63 Å². The third-order valence-corrected chi connectivity index (χ3v) is 2.48. The number of hydrogen-bond acceptors (Lipinski definition) is 4. The smallest absolute Gasteiger partial charge is 0.345 e. The van der Waals surface area contributed by atoms with Crippen molar-refractivity contribution in [3.8, 4) is 6.19 Å². The molecular weight excluding hydrogens is 244 g/mol. The van der Waals surface area contributed by atoms with Crippen LogP contribution in [0, 0.1) is 11.5 Å². The van der Waals surface area contributed by atoms with Gasteiger partial charge in [0.2, 0.25) is 12.2 Å². The summed E-state index contributed by atoms with van der Waals surface area (Å²) in [4.78, 5) is 18.9. The molecule has 0 atom stereocenters. The van der Waals surface area contributed by atoms with Gasteiger partial charge < -0.3 is 10.2 Å². The number of fused-ring (bicyclic) bond motifs is 1. The van der Waals surface area contributed by atoms with Crippen LogP contribution in [0.25, 0.3) is 11.0 Å². The van der Waals surface area contributed by atoms with E-state index in [4.69, 9.17) is 15.4 Å². The predicted molar refractivity (Wildman–Crippen MR) is 71.9 cm³/mol. The minimum absolute atomic E-state index is 0.201. The Bertz CT molecular complexity index is 781. The Hall–Kier alpha value is -2.94. The van der Waals surface area contributed by atoms with E-state index < -0.39 is 5.63 Å². The van der Waals surface area contributed by atoms with Crippen molar-refractivity contribution >= 4 is 22.6 Å². The SMILES string of the molecule is CC(=NC(N)=NC#N)c1cc2ccccc2oc1=O. The number of benzene rings is 1. The topological polar surface area (TPSA) is 105 Å². The maximum absolute atomic E-state index is 11.8. The molecule has 6 heteroatoms. The summed E-state index contributed by atoms with van der Waals surface area (Å²) in [5.41, 5.74) is 6.02. The van der Waals surface area contributed by atoms with E-state index in [0.29, 0.717) is 11.3 Å². The maximum atomic E-state index is 11.8. The molecule has 0 amide bonds. The lowest BCUT2D eigenvalue weighted by Gasteiger charge is -2.01. The summed E-state index contributed by atoms with van der Waals surface area (Å²) in [6.45, 7) is 1.60. The molecule has 1 heterocycles. The molecule has 2 N–H and O–H groups in total. The highest BCUT2D eigenvalue weighted by atomic mass is 16.4. The zero-order valence-corrected chi connectivity index (χ0v) is 10.1. The van der Waals surface area contributed by atoms with Crippen LogP contribution < -0.4 is 11.4 Å². The van der Waals surface area contributed by atoms with Crippen molar-refractivity contribution in [3.63, 3.8) is 0 Å². The second-order valence-corrected chi connectivity index (χ2v) is 3.75. The Morgan fingerprint density at radius 2 is 2.16 bits per heavy atom. The predicted octanol–water partition coefficient (Wildman–Crippen LogP) is 1.40. The van der Waals surface area contributed by atoms with Gasteiger partial charge in [0.1, 0.15) is 5.58 Å². The van der Waals surface area contributed by atoms with Crippen LogP contribution in [0.1, 0.15) is 12.5 Å². The van der Waals surface area contributed by atoms with Crippen LogP contribution in [0.3, 0.4) is 0 Å². The molecule has 1 aromatic carbocycles. The number of guanidine groups is 1. The van der Waals surface area contributed by atoms with Crippen LogP contribution in [0.5, 0.6) is 0 Å². The molecule has 2 aromatic rings. The Morgan fingerprint density at radius 1 is 1.42 bits per heavy atom. The minimum Gasteiger partial charge on any atom is -0.422 e. The highest BCUT2D eigenvalue weighted by Gasteiger charge is 2.08. The summed E-state index contributed by atoms with van der Waals surface area (Å²) < 4.78 is 5.17. The fourth-order valence-electron chi connectivity index (χ4n) is 1.62. The largest absolute Gasteiger partial charge is 0.422 e. The Balaban J connectivity index is 2.57. The van der Waals surface area contributed by atoms with E-state index in [1.807, 2.05) is 12.1 Å². The van der Waals surface area contributed by atoms with E-state index in [1.54, 1.807) is 25.1 Å². The van der Waals surface area contributed by atoms with Gasteiger partial charge in [0, 0.05) is 5.39 Å². The van der Waals surface area contributed by atoms with Gasteiger partial charge in [0.05, 0.1) is 11.3 Å². The molecule has 0 unspecified atom stereocenters. The van der Waals surface area contributed by atoms with Crippen molar-refractivity contribution in [1.82, 2.24) is 0 Å². The van der Waals surface area contributed by atoms with Gasteiger partial charge in [0.15, 0.2) is 0 Å². The van der Waals surface area contributed by atoms with Crippen molar-refractivity contribution in [2.24, 2.45) is 15.7 Å². The normalized spacial score (nSPS) is 12.4. The van der Waals surface area contributed by atoms with Crippen LogP contribution in [0.15, 0.2) is 49.5 Å². The lowest BCUT2D eigenvalue weighted by molar-refractivity contribution is 0.559. The summed E-state index contributed by atoms with van der Waals surface area (Å²) >= 11 is 0. The van der Waals surface area contributed by atoms with Crippen molar-refractivity contribution in [2.45, 2.75) is 6.92 Å². The number of nitriles is 1. The zero-order valence-electron chi connectivity index (χ0n) is 10.1. The number of nitrogens with two attached hydrogens (primary N) is 1. The van der Waals surface area contributed by atoms with E-state index in [2.05, 4.69) is 9.98 Å². The van der Waals surface area contributed by atoms with Crippen molar-refractivity contribution < 1.29 is 4.42 Å². The first-order valence-corrected chi connectivity index (χ1v) is 5.42. The molecule has 94 valence electrons. The van der Waals surface area contributed by atoms with Gasteiger partial charge in [-0.25, -0.2) is 9.79 Å². The molecule has 1 aromatic heterocycles. The maximum Gasteiger partial charge on any atom is 0.345 e. The molecule has 0 saturated carbocycles. The molecule has 0 spiro atoms. The third kappa shape index (κ3) is 2.66. The zero-order chi connectivity index (χ0) is 13.8. The van der Waals surface area contributed by atoms with Crippen LogP contribution in [-0.4, -0.2) is 11.7 Å². The Kier molecular flexibility index (Phi) is 3.39. The minimum atomic E-state index is -0.510. The summed E-state index contributed by atoms with van der Waals surface area (Å²) in [5.74, 6) is -0.201. The number of nitrogens with zero attached hydrogens (tertiary/aromatic N) is 3. The van der Waals surface area contributed by atoms with E-state index in [1.165, 1.54) is 6.19 Å². The average molecular weight is 254 g/mol. The molecule has 0 bridgehead atoms. The molecule has 0 fully saturated rings. The summed E-state index contributed by atoms with van der Waals surface area (Å²) in [6.07, 6.45) is 1.52. The average Bonchev–Trinajstić information content (AvgIpc) is 2.38. The fourth-order valence-corrected chi connectivity index (χ4v) is 1.62. The first-order valence-electron chi connectivity index (χ1n) is 5.42. The summed E-state index contributed by atoms with van der Waals surface area (Å²) in [6, 6.07) is 8.81. The molecule has 0 aliphatic carbocycles. The van der Waals surface area contributed by atoms with Gasteiger partial charge in [-0.05, 0) is 19.1 Å². The van der Waals surface area contributed by atoms with Crippen molar-refractivity contribution in [3.05, 3.63) is 46.3 Å². The van der Waals surface area contributed by atoms with Gasteiger partial charge in [-0.15, -0.1) is 4.99 Å². The lowest BCUT2D eigenvalue weighted by atomic mass is 10.1. The molecule has 0 radical (unpaired) electrons. The molecule has 0 aliphatic heterocycles. The second kappa shape index (κ2) is 5.14. The van der Waals surface area contributed by atoms with Crippen LogP contribution in [0.2, 0.25) is 0 Å². The van der Waals surface area contributed by atoms with E-state index in [-0.39, 0.29) is 11.5 Å². The molecule has 0 saturated heterocycles. The van der Waals surface area contributed by atoms with Gasteiger partial charge in [-0.2, -0.15) is 5.26 Å². The fraction of sp³-hybridized carbons (Fsp3) is 0.0769. The monoisotopic (exact) mass is 254 g/mol. The summed E-state index contributed by atoms with van der Waals surface area (Å²) in [7, 11) is 0. The van der Waals surface area contributed by atoms with Crippen LogP contribution >= 0.6 is 0 Å². The molecule has 2 rings (SSSR count). The number of aliphatic imine (C=N–C) groups is 2.